The Labute approximate surface area is 64.0 Å². The summed E-state index contributed by atoms with van der Waals surface area (Å²) in [6.45, 7) is 10.6. The number of rotatable bonds is 1. The highest BCUT2D eigenvalue weighted by molar-refractivity contribution is 4.88. The molecule has 0 aromatic carbocycles. The maximum Gasteiger partial charge on any atom is 0.0462 e. The summed E-state index contributed by atoms with van der Waals surface area (Å²) < 4.78 is 0. The van der Waals surface area contributed by atoms with Crippen LogP contribution in [0.1, 0.15) is 33.6 Å². The molecule has 1 aliphatic rings. The maximum atomic E-state index is 6.50. The summed E-state index contributed by atoms with van der Waals surface area (Å²) in [5.41, 5.74) is 5.94. The van der Waals surface area contributed by atoms with Crippen molar-refractivity contribution in [3.05, 3.63) is 0 Å². The number of hydrogen-bond donors (Lipinski definition) is 1. The van der Waals surface area contributed by atoms with Crippen molar-refractivity contribution in [2.75, 3.05) is 6.54 Å². The van der Waals surface area contributed by atoms with E-state index in [9.17, 15) is 0 Å². The van der Waals surface area contributed by atoms with Gasteiger partial charge in [-0.05, 0) is 24.8 Å². The Balaban J connectivity index is 0. The van der Waals surface area contributed by atoms with Crippen molar-refractivity contribution >= 4 is 0 Å². The molecule has 0 aromatic rings. The van der Waals surface area contributed by atoms with E-state index in [4.69, 9.17) is 11.0 Å². The predicted molar refractivity (Wildman–Crippen MR) is 44.4 cm³/mol. The normalized spacial score (nSPS) is 17.0. The fourth-order valence-corrected chi connectivity index (χ4v) is 0.418. The van der Waals surface area contributed by atoms with Gasteiger partial charge in [-0.1, -0.05) is 20.8 Å². The van der Waals surface area contributed by atoms with Crippen LogP contribution in [-0.4, -0.2) is 6.54 Å². The molecule has 0 radical (unpaired) electrons. The summed E-state index contributed by atoms with van der Waals surface area (Å²) in [7, 11) is 0. The Kier molecular flexibility index (Phi) is 7.99. The molecule has 1 saturated carbocycles. The van der Waals surface area contributed by atoms with Crippen molar-refractivity contribution in [1.82, 2.24) is 0 Å². The largest absolute Gasteiger partial charge is 0.330 e. The molecular formula is C8H18N2. The highest BCUT2D eigenvalue weighted by atomic mass is 14.6. The van der Waals surface area contributed by atoms with Gasteiger partial charge in [0.25, 0.3) is 0 Å². The third-order valence-corrected chi connectivity index (χ3v) is 1.60. The molecule has 0 saturated heterocycles. The molecule has 0 heterocycles. The number of nitriles is 1. The van der Waals surface area contributed by atoms with Crippen LogP contribution < -0.4 is 5.73 Å². The highest BCUT2D eigenvalue weighted by Gasteiger charge is 2.34. The first kappa shape index (κ1) is 12.2. The van der Waals surface area contributed by atoms with Gasteiger partial charge in [0.15, 0.2) is 0 Å². The molecule has 0 unspecified atom stereocenters. The molecule has 0 atom stereocenters. The third kappa shape index (κ3) is 5.58. The molecule has 60 valence electrons. The van der Waals surface area contributed by atoms with Crippen molar-refractivity contribution in [1.29, 1.82) is 5.26 Å². The Morgan fingerprint density at radius 1 is 1.40 bits per heavy atom. The van der Waals surface area contributed by atoms with Crippen LogP contribution in [0, 0.1) is 17.2 Å². The summed E-state index contributed by atoms with van der Waals surface area (Å²) >= 11 is 0. The van der Waals surface area contributed by atoms with Crippen molar-refractivity contribution in [3.8, 4) is 6.57 Å². The van der Waals surface area contributed by atoms with E-state index in [2.05, 4.69) is 13.5 Å². The Morgan fingerprint density at radius 2 is 1.70 bits per heavy atom. The van der Waals surface area contributed by atoms with Gasteiger partial charge < -0.3 is 5.73 Å². The maximum absolute atomic E-state index is 6.50. The van der Waals surface area contributed by atoms with E-state index in [0.29, 0.717) is 5.41 Å². The lowest BCUT2D eigenvalue weighted by Gasteiger charge is -1.97. The fraction of sp³-hybridized carbons (Fsp3) is 0.875. The lowest BCUT2D eigenvalue weighted by molar-refractivity contribution is 0.588. The molecule has 0 aliphatic heterocycles. The standard InChI is InChI=1S/C5H11N.C2H6.CHN/c1-5(4-6)2-3-5;2*1-2/h2-4,6H2,1H3;1-2H3;1H. The molecule has 0 spiro atoms. The fourth-order valence-electron chi connectivity index (χ4n) is 0.418. The zero-order valence-electron chi connectivity index (χ0n) is 7.22. The second-order valence-electron chi connectivity index (χ2n) is 2.51. The van der Waals surface area contributed by atoms with Crippen LogP contribution in [0.2, 0.25) is 0 Å². The number of nitrogens with two attached hydrogens (primary N) is 1. The summed E-state index contributed by atoms with van der Waals surface area (Å²) in [5, 5.41) is 6.50. The van der Waals surface area contributed by atoms with Crippen LogP contribution in [-0.2, 0) is 0 Å². The molecule has 0 aromatic heterocycles. The monoisotopic (exact) mass is 142 g/mol. The van der Waals surface area contributed by atoms with Crippen molar-refractivity contribution < 1.29 is 0 Å². The van der Waals surface area contributed by atoms with Gasteiger partial charge in [-0.15, -0.1) is 0 Å². The molecule has 0 amide bonds. The lowest BCUT2D eigenvalue weighted by Crippen LogP contribution is -2.10. The van der Waals surface area contributed by atoms with E-state index in [1.54, 1.807) is 0 Å². The van der Waals surface area contributed by atoms with Gasteiger partial charge in [0.2, 0.25) is 0 Å². The van der Waals surface area contributed by atoms with Gasteiger partial charge >= 0.3 is 0 Å². The van der Waals surface area contributed by atoms with Crippen LogP contribution in [0.4, 0.5) is 0 Å². The second-order valence-corrected chi connectivity index (χ2v) is 2.51. The zero-order valence-corrected chi connectivity index (χ0v) is 7.22. The first-order chi connectivity index (χ1) is 4.77. The van der Waals surface area contributed by atoms with Crippen LogP contribution in [0.5, 0.6) is 0 Å². The first-order valence-corrected chi connectivity index (χ1v) is 3.73. The average molecular weight is 142 g/mol. The van der Waals surface area contributed by atoms with Crippen molar-refractivity contribution in [2.45, 2.75) is 33.6 Å². The van der Waals surface area contributed by atoms with Gasteiger partial charge in [-0.3, -0.25) is 0 Å². The highest BCUT2D eigenvalue weighted by Crippen LogP contribution is 2.43. The molecule has 1 fully saturated rings. The zero-order chi connectivity index (χ0) is 8.62. The van der Waals surface area contributed by atoms with Gasteiger partial charge in [-0.2, -0.15) is 0 Å². The van der Waals surface area contributed by atoms with E-state index in [0.717, 1.165) is 6.54 Å². The third-order valence-electron chi connectivity index (χ3n) is 1.60. The summed E-state index contributed by atoms with van der Waals surface area (Å²) in [6, 6.07) is 0. The minimum absolute atomic E-state index is 0.569. The van der Waals surface area contributed by atoms with Gasteiger partial charge in [0, 0.05) is 6.57 Å². The number of hydrogen-bond acceptors (Lipinski definition) is 2. The molecule has 1 rings (SSSR count). The van der Waals surface area contributed by atoms with Crippen molar-refractivity contribution in [3.63, 3.8) is 0 Å². The van der Waals surface area contributed by atoms with Crippen LogP contribution in [0.15, 0.2) is 0 Å². The molecule has 1 aliphatic carbocycles. The summed E-state index contributed by atoms with van der Waals surface area (Å²) in [6.07, 6.45) is 2.70. The van der Waals surface area contributed by atoms with E-state index < -0.39 is 0 Å². The van der Waals surface area contributed by atoms with Gasteiger partial charge in [0.05, 0.1) is 0 Å². The minimum atomic E-state index is 0.569. The topological polar surface area (TPSA) is 49.8 Å². The van der Waals surface area contributed by atoms with Crippen LogP contribution in [0.25, 0.3) is 0 Å². The molecule has 0 bridgehead atoms. The first-order valence-electron chi connectivity index (χ1n) is 3.73. The second kappa shape index (κ2) is 6.57. The Morgan fingerprint density at radius 3 is 1.70 bits per heavy atom. The van der Waals surface area contributed by atoms with E-state index >= 15 is 0 Å². The lowest BCUT2D eigenvalue weighted by atomic mass is 10.2. The Bertz CT molecular complexity index is 82.5. The molecular weight excluding hydrogens is 124 g/mol. The minimum Gasteiger partial charge on any atom is -0.330 e. The summed E-state index contributed by atoms with van der Waals surface area (Å²) in [5.74, 6) is 0. The van der Waals surface area contributed by atoms with Crippen LogP contribution in [0.3, 0.4) is 0 Å². The summed E-state index contributed by atoms with van der Waals surface area (Å²) in [4.78, 5) is 0. The molecule has 10 heavy (non-hydrogen) atoms. The molecule has 2 nitrogen and oxygen atoms in total. The smallest absolute Gasteiger partial charge is 0.0462 e. The average Bonchev–Trinajstić information content (AvgIpc) is 2.77. The van der Waals surface area contributed by atoms with E-state index in [-0.39, 0.29) is 0 Å². The Hall–Kier alpha value is -0.550. The SMILES string of the molecule is C#N.CC.CC1(CN)CC1. The van der Waals surface area contributed by atoms with Crippen molar-refractivity contribution in [2.24, 2.45) is 11.1 Å². The molecule has 2 N–H and O–H groups in total. The predicted octanol–water partition coefficient (Wildman–Crippen LogP) is 1.91. The number of nitrogens with zero attached hydrogens (tertiary/aromatic N) is 1. The van der Waals surface area contributed by atoms with Gasteiger partial charge in [0.1, 0.15) is 0 Å². The van der Waals surface area contributed by atoms with E-state index in [1.807, 2.05) is 13.8 Å². The van der Waals surface area contributed by atoms with Gasteiger partial charge in [-0.25, -0.2) is 5.26 Å². The van der Waals surface area contributed by atoms with E-state index in [1.165, 1.54) is 12.8 Å². The quantitative estimate of drug-likeness (QED) is 0.608. The van der Waals surface area contributed by atoms with Crippen LogP contribution >= 0.6 is 0 Å². The molecule has 2 heteroatoms.